The van der Waals surface area contributed by atoms with Gasteiger partial charge in [-0.2, -0.15) is 0 Å². The SMILES string of the molecule is CC1(C)c2ccccc2-c2cc3c4ccccc4n(-c4nc5ccccc5nc4-c4ccccc4)c3cc21. The monoisotopic (exact) mass is 487 g/mol. The van der Waals surface area contributed by atoms with Crippen LogP contribution >= 0.6 is 0 Å². The summed E-state index contributed by atoms with van der Waals surface area (Å²) in [5.74, 6) is 0.856. The lowest BCUT2D eigenvalue weighted by Crippen LogP contribution is -2.15. The first-order valence-corrected chi connectivity index (χ1v) is 13.1. The van der Waals surface area contributed by atoms with Gasteiger partial charge in [-0.1, -0.05) is 98.8 Å². The highest BCUT2D eigenvalue weighted by Gasteiger charge is 2.36. The highest BCUT2D eigenvalue weighted by atomic mass is 15.1. The second-order valence-electron chi connectivity index (χ2n) is 10.7. The van der Waals surface area contributed by atoms with Gasteiger partial charge >= 0.3 is 0 Å². The summed E-state index contributed by atoms with van der Waals surface area (Å²) in [5.41, 5.74) is 11.3. The topological polar surface area (TPSA) is 30.7 Å². The Labute approximate surface area is 221 Å². The van der Waals surface area contributed by atoms with Crippen LogP contribution in [0.1, 0.15) is 25.0 Å². The molecule has 2 heterocycles. The molecule has 2 aromatic heterocycles. The molecule has 0 amide bonds. The molecule has 1 aliphatic carbocycles. The lowest BCUT2D eigenvalue weighted by molar-refractivity contribution is 0.661. The van der Waals surface area contributed by atoms with Crippen molar-refractivity contribution in [2.24, 2.45) is 0 Å². The molecule has 5 aromatic carbocycles. The molecule has 0 aliphatic heterocycles. The summed E-state index contributed by atoms with van der Waals surface area (Å²) in [4.78, 5) is 10.4. The summed E-state index contributed by atoms with van der Waals surface area (Å²) in [5, 5.41) is 2.46. The maximum Gasteiger partial charge on any atom is 0.165 e. The van der Waals surface area contributed by atoms with Crippen LogP contribution in [0.2, 0.25) is 0 Å². The van der Waals surface area contributed by atoms with Gasteiger partial charge in [0.1, 0.15) is 5.69 Å². The van der Waals surface area contributed by atoms with Crippen LogP contribution in [0.4, 0.5) is 0 Å². The normalized spacial score (nSPS) is 13.7. The minimum Gasteiger partial charge on any atom is -0.292 e. The Morgan fingerprint density at radius 2 is 1.24 bits per heavy atom. The summed E-state index contributed by atoms with van der Waals surface area (Å²) in [6, 6.07) is 40.8. The Balaban J connectivity index is 1.53. The molecule has 180 valence electrons. The molecule has 0 N–H and O–H groups in total. The molecule has 0 saturated heterocycles. The molecule has 38 heavy (non-hydrogen) atoms. The zero-order valence-electron chi connectivity index (χ0n) is 21.3. The van der Waals surface area contributed by atoms with Gasteiger partial charge in [-0.15, -0.1) is 0 Å². The summed E-state index contributed by atoms with van der Waals surface area (Å²) in [6.45, 7) is 4.67. The van der Waals surface area contributed by atoms with Crippen LogP contribution in [-0.4, -0.2) is 14.5 Å². The third-order valence-corrected chi connectivity index (χ3v) is 8.19. The smallest absolute Gasteiger partial charge is 0.165 e. The lowest BCUT2D eigenvalue weighted by Gasteiger charge is -2.21. The van der Waals surface area contributed by atoms with Crippen LogP contribution in [0.15, 0.2) is 115 Å². The average Bonchev–Trinajstić information content (AvgIpc) is 3.40. The van der Waals surface area contributed by atoms with Crippen LogP contribution in [0.5, 0.6) is 0 Å². The second kappa shape index (κ2) is 7.62. The van der Waals surface area contributed by atoms with E-state index in [1.54, 1.807) is 0 Å². The minimum atomic E-state index is -0.0846. The molecule has 3 heteroatoms. The number of nitrogens with zero attached hydrogens (tertiary/aromatic N) is 3. The molecule has 0 unspecified atom stereocenters. The Hall–Kier alpha value is -4.76. The molecular weight excluding hydrogens is 462 g/mol. The van der Waals surface area contributed by atoms with E-state index in [9.17, 15) is 0 Å². The van der Waals surface area contributed by atoms with Crippen molar-refractivity contribution in [1.82, 2.24) is 14.5 Å². The van der Waals surface area contributed by atoms with Crippen molar-refractivity contribution in [3.05, 3.63) is 126 Å². The zero-order valence-corrected chi connectivity index (χ0v) is 21.3. The molecule has 0 saturated carbocycles. The number of hydrogen-bond donors (Lipinski definition) is 0. The first-order chi connectivity index (χ1) is 18.6. The average molecular weight is 488 g/mol. The number of para-hydroxylation sites is 3. The predicted octanol–water partition coefficient (Wildman–Crippen LogP) is 8.70. The fraction of sp³-hybridized carbons (Fsp3) is 0.0857. The van der Waals surface area contributed by atoms with E-state index in [0.717, 1.165) is 39.1 Å². The van der Waals surface area contributed by atoms with Crippen molar-refractivity contribution in [3.63, 3.8) is 0 Å². The lowest BCUT2D eigenvalue weighted by atomic mass is 9.82. The van der Waals surface area contributed by atoms with Crippen molar-refractivity contribution >= 4 is 32.8 Å². The Morgan fingerprint density at radius 3 is 2.08 bits per heavy atom. The van der Waals surface area contributed by atoms with Gasteiger partial charge in [0.2, 0.25) is 0 Å². The number of rotatable bonds is 2. The molecule has 8 rings (SSSR count). The van der Waals surface area contributed by atoms with Crippen LogP contribution < -0.4 is 0 Å². The van der Waals surface area contributed by atoms with Crippen molar-refractivity contribution in [2.45, 2.75) is 19.3 Å². The molecule has 1 aliphatic rings. The van der Waals surface area contributed by atoms with Crippen molar-refractivity contribution < 1.29 is 0 Å². The molecule has 0 radical (unpaired) electrons. The first kappa shape index (κ1) is 21.3. The maximum absolute atomic E-state index is 5.26. The van der Waals surface area contributed by atoms with E-state index in [0.29, 0.717) is 0 Å². The van der Waals surface area contributed by atoms with Crippen LogP contribution in [0.25, 0.3) is 61.0 Å². The zero-order chi connectivity index (χ0) is 25.4. The van der Waals surface area contributed by atoms with Gasteiger partial charge in [-0.3, -0.25) is 4.57 Å². The number of aromatic nitrogens is 3. The van der Waals surface area contributed by atoms with E-state index >= 15 is 0 Å². The van der Waals surface area contributed by atoms with Gasteiger partial charge in [0, 0.05) is 21.8 Å². The highest BCUT2D eigenvalue weighted by Crippen LogP contribution is 2.51. The largest absolute Gasteiger partial charge is 0.292 e. The standard InChI is InChI=1S/C35H25N3/c1-35(2)27-16-8-6-14-23(27)25-20-26-24-15-7-11-19-31(24)38(32(26)21-28(25)35)34-33(22-12-4-3-5-13-22)36-29-17-9-10-18-30(29)37-34/h3-21H,1-2H3. The fourth-order valence-corrected chi connectivity index (χ4v) is 6.33. The van der Waals surface area contributed by atoms with Crippen LogP contribution in [-0.2, 0) is 5.41 Å². The van der Waals surface area contributed by atoms with E-state index in [1.165, 1.54) is 33.0 Å². The minimum absolute atomic E-state index is 0.0846. The molecule has 0 bridgehead atoms. The number of benzene rings is 5. The van der Waals surface area contributed by atoms with E-state index in [4.69, 9.17) is 9.97 Å². The Kier molecular flexibility index (Phi) is 4.28. The Bertz CT molecular complexity index is 2050. The molecule has 3 nitrogen and oxygen atoms in total. The van der Waals surface area contributed by atoms with Crippen molar-refractivity contribution in [2.75, 3.05) is 0 Å². The van der Waals surface area contributed by atoms with Gasteiger partial charge in [0.15, 0.2) is 5.82 Å². The Morgan fingerprint density at radius 1 is 0.553 bits per heavy atom. The highest BCUT2D eigenvalue weighted by molar-refractivity contribution is 6.12. The van der Waals surface area contributed by atoms with E-state index in [2.05, 4.69) is 103 Å². The van der Waals surface area contributed by atoms with Gasteiger partial charge < -0.3 is 0 Å². The fourth-order valence-electron chi connectivity index (χ4n) is 6.33. The second-order valence-corrected chi connectivity index (χ2v) is 10.7. The molecule has 0 fully saturated rings. The van der Waals surface area contributed by atoms with E-state index in [-0.39, 0.29) is 5.41 Å². The van der Waals surface area contributed by atoms with Gasteiger partial charge in [0.25, 0.3) is 0 Å². The third-order valence-electron chi connectivity index (χ3n) is 8.19. The maximum atomic E-state index is 5.26. The van der Waals surface area contributed by atoms with Gasteiger partial charge in [-0.25, -0.2) is 9.97 Å². The molecule has 7 aromatic rings. The number of fused-ring (bicyclic) bond motifs is 7. The van der Waals surface area contributed by atoms with Gasteiger partial charge in [0.05, 0.1) is 22.1 Å². The summed E-state index contributed by atoms with van der Waals surface area (Å²) < 4.78 is 2.33. The van der Waals surface area contributed by atoms with Crippen LogP contribution in [0, 0.1) is 0 Å². The predicted molar refractivity (Wildman–Crippen MR) is 157 cm³/mol. The quantitative estimate of drug-likeness (QED) is 0.244. The molecular formula is C35H25N3. The van der Waals surface area contributed by atoms with Crippen molar-refractivity contribution in [1.29, 1.82) is 0 Å². The summed E-state index contributed by atoms with van der Waals surface area (Å²) >= 11 is 0. The van der Waals surface area contributed by atoms with Crippen LogP contribution in [0.3, 0.4) is 0 Å². The van der Waals surface area contributed by atoms with Crippen molar-refractivity contribution in [3.8, 4) is 28.2 Å². The summed E-state index contributed by atoms with van der Waals surface area (Å²) in [6.07, 6.45) is 0. The third kappa shape index (κ3) is 2.84. The summed E-state index contributed by atoms with van der Waals surface area (Å²) in [7, 11) is 0. The molecule has 0 atom stereocenters. The first-order valence-electron chi connectivity index (χ1n) is 13.1. The van der Waals surface area contributed by atoms with E-state index < -0.39 is 0 Å². The molecule has 0 spiro atoms. The van der Waals surface area contributed by atoms with Gasteiger partial charge in [-0.05, 0) is 52.6 Å². The number of hydrogen-bond acceptors (Lipinski definition) is 2. The van der Waals surface area contributed by atoms with E-state index in [1.807, 2.05) is 30.3 Å².